The highest BCUT2D eigenvalue weighted by Gasteiger charge is 2.40. The maximum atomic E-state index is 12.8. The summed E-state index contributed by atoms with van der Waals surface area (Å²) in [5.74, 6) is -0.154. The molecule has 5 nitrogen and oxygen atoms in total. The largest absolute Gasteiger partial charge is 0.347 e. The topological polar surface area (TPSA) is 42.0 Å². The number of hydrogen-bond acceptors (Lipinski definition) is 4. The van der Waals surface area contributed by atoms with Gasteiger partial charge in [0.2, 0.25) is 5.91 Å². The van der Waals surface area contributed by atoms with Gasteiger partial charge in [-0.25, -0.2) is 0 Å². The third-order valence-electron chi connectivity index (χ3n) is 5.20. The van der Waals surface area contributed by atoms with Gasteiger partial charge in [0, 0.05) is 38.2 Å². The van der Waals surface area contributed by atoms with Crippen LogP contribution in [0, 0.1) is 0 Å². The van der Waals surface area contributed by atoms with Gasteiger partial charge < -0.3 is 14.4 Å². The van der Waals surface area contributed by atoms with Crippen LogP contribution in [-0.4, -0.2) is 56.0 Å². The zero-order chi connectivity index (χ0) is 15.7. The number of likely N-dealkylation sites (tertiary alicyclic amines) is 1. The SMILES string of the molecule is O=C(CN1CCC2(CC1)OCCO2)N1CCCc2ccccc21. The highest BCUT2D eigenvalue weighted by molar-refractivity contribution is 5.95. The summed E-state index contributed by atoms with van der Waals surface area (Å²) < 4.78 is 11.5. The summed E-state index contributed by atoms with van der Waals surface area (Å²) in [5, 5.41) is 0. The summed E-state index contributed by atoms with van der Waals surface area (Å²) in [5.41, 5.74) is 2.39. The van der Waals surface area contributed by atoms with E-state index in [-0.39, 0.29) is 11.7 Å². The maximum absolute atomic E-state index is 12.8. The lowest BCUT2D eigenvalue weighted by molar-refractivity contribution is -0.185. The molecule has 0 unspecified atom stereocenters. The van der Waals surface area contributed by atoms with E-state index in [9.17, 15) is 4.79 Å². The molecule has 3 heterocycles. The number of benzene rings is 1. The molecule has 2 fully saturated rings. The molecule has 23 heavy (non-hydrogen) atoms. The van der Waals surface area contributed by atoms with Gasteiger partial charge in [0.05, 0.1) is 19.8 Å². The molecule has 1 aromatic carbocycles. The average molecular weight is 316 g/mol. The van der Waals surface area contributed by atoms with Crippen LogP contribution in [0.25, 0.3) is 0 Å². The number of carbonyl (C=O) groups excluding carboxylic acids is 1. The monoisotopic (exact) mass is 316 g/mol. The van der Waals surface area contributed by atoms with Crippen LogP contribution >= 0.6 is 0 Å². The van der Waals surface area contributed by atoms with E-state index in [0.717, 1.165) is 51.0 Å². The first kappa shape index (κ1) is 15.1. The van der Waals surface area contributed by atoms with Crippen LogP contribution in [-0.2, 0) is 20.7 Å². The number of fused-ring (bicyclic) bond motifs is 1. The van der Waals surface area contributed by atoms with Crippen LogP contribution in [0.2, 0.25) is 0 Å². The molecule has 2 saturated heterocycles. The number of aryl methyl sites for hydroxylation is 1. The fourth-order valence-corrected chi connectivity index (χ4v) is 3.91. The van der Waals surface area contributed by atoms with Gasteiger partial charge in [0.15, 0.2) is 5.79 Å². The van der Waals surface area contributed by atoms with Gasteiger partial charge in [-0.1, -0.05) is 18.2 Å². The third kappa shape index (κ3) is 3.01. The standard InChI is InChI=1S/C18H24N2O3/c21-17(20-9-3-5-15-4-1-2-6-16(15)20)14-19-10-7-18(8-11-19)22-12-13-23-18/h1-2,4,6H,3,5,7-14H2. The number of amides is 1. The Hall–Kier alpha value is -1.43. The highest BCUT2D eigenvalue weighted by atomic mass is 16.7. The van der Waals surface area contributed by atoms with Gasteiger partial charge in [-0.15, -0.1) is 0 Å². The van der Waals surface area contributed by atoms with Crippen molar-refractivity contribution in [1.82, 2.24) is 4.90 Å². The van der Waals surface area contributed by atoms with Crippen LogP contribution in [0.15, 0.2) is 24.3 Å². The van der Waals surface area contributed by atoms with Gasteiger partial charge >= 0.3 is 0 Å². The molecule has 0 bridgehead atoms. The van der Waals surface area contributed by atoms with Crippen molar-refractivity contribution >= 4 is 11.6 Å². The molecule has 124 valence electrons. The molecule has 3 aliphatic heterocycles. The Bertz CT molecular complexity index is 573. The predicted octanol–water partition coefficient (Wildman–Crippen LogP) is 1.80. The zero-order valence-corrected chi connectivity index (χ0v) is 13.5. The number of para-hydroxylation sites is 1. The lowest BCUT2D eigenvalue weighted by atomic mass is 10.0. The maximum Gasteiger partial charge on any atom is 0.241 e. The Balaban J connectivity index is 1.38. The normalized spacial score (nSPS) is 23.9. The van der Waals surface area contributed by atoms with Crippen LogP contribution in [0.1, 0.15) is 24.8 Å². The van der Waals surface area contributed by atoms with Crippen molar-refractivity contribution in [3.05, 3.63) is 29.8 Å². The molecule has 1 spiro atoms. The summed E-state index contributed by atoms with van der Waals surface area (Å²) in [6.45, 7) is 4.44. The fourth-order valence-electron chi connectivity index (χ4n) is 3.91. The molecular weight excluding hydrogens is 292 g/mol. The minimum atomic E-state index is -0.364. The summed E-state index contributed by atoms with van der Waals surface area (Å²) >= 11 is 0. The second kappa shape index (κ2) is 6.23. The summed E-state index contributed by atoms with van der Waals surface area (Å²) in [7, 11) is 0. The number of carbonyl (C=O) groups is 1. The lowest BCUT2D eigenvalue weighted by Gasteiger charge is -2.38. The minimum Gasteiger partial charge on any atom is -0.347 e. The first-order chi connectivity index (χ1) is 11.3. The first-order valence-corrected chi connectivity index (χ1v) is 8.64. The smallest absolute Gasteiger partial charge is 0.241 e. The van der Waals surface area contributed by atoms with E-state index < -0.39 is 0 Å². The van der Waals surface area contributed by atoms with Crippen LogP contribution in [0.5, 0.6) is 0 Å². The molecule has 4 rings (SSSR count). The number of piperidine rings is 1. The fraction of sp³-hybridized carbons (Fsp3) is 0.611. The minimum absolute atomic E-state index is 0.210. The van der Waals surface area contributed by atoms with Gasteiger partial charge in [-0.3, -0.25) is 9.69 Å². The zero-order valence-electron chi connectivity index (χ0n) is 13.5. The second-order valence-electron chi connectivity index (χ2n) is 6.66. The van der Waals surface area contributed by atoms with Crippen molar-refractivity contribution in [2.45, 2.75) is 31.5 Å². The third-order valence-corrected chi connectivity index (χ3v) is 5.20. The number of rotatable bonds is 2. The number of ether oxygens (including phenoxy) is 2. The predicted molar refractivity (Wildman–Crippen MR) is 87.4 cm³/mol. The van der Waals surface area contributed by atoms with Crippen LogP contribution in [0.4, 0.5) is 5.69 Å². The Morgan fingerprint density at radius 1 is 1.09 bits per heavy atom. The van der Waals surface area contributed by atoms with Crippen molar-refractivity contribution in [1.29, 1.82) is 0 Å². The molecule has 0 radical (unpaired) electrons. The number of nitrogens with zero attached hydrogens (tertiary/aromatic N) is 2. The van der Waals surface area contributed by atoms with Gasteiger partial charge in [-0.05, 0) is 24.5 Å². The summed E-state index contributed by atoms with van der Waals surface area (Å²) in [6.07, 6.45) is 3.84. The van der Waals surface area contributed by atoms with E-state index in [1.54, 1.807) is 0 Å². The van der Waals surface area contributed by atoms with E-state index in [1.807, 2.05) is 11.0 Å². The van der Waals surface area contributed by atoms with Crippen molar-refractivity contribution in [2.24, 2.45) is 0 Å². The summed E-state index contributed by atoms with van der Waals surface area (Å²) in [6, 6.07) is 8.27. The first-order valence-electron chi connectivity index (χ1n) is 8.64. The van der Waals surface area contributed by atoms with Crippen molar-refractivity contribution in [3.8, 4) is 0 Å². The average Bonchev–Trinajstić information content (AvgIpc) is 3.05. The quantitative estimate of drug-likeness (QED) is 0.834. The molecule has 0 atom stereocenters. The van der Waals surface area contributed by atoms with E-state index >= 15 is 0 Å². The summed E-state index contributed by atoms with van der Waals surface area (Å²) in [4.78, 5) is 17.0. The molecule has 0 saturated carbocycles. The lowest BCUT2D eigenvalue weighted by Crippen LogP contribution is -2.49. The Labute approximate surface area is 137 Å². The second-order valence-corrected chi connectivity index (χ2v) is 6.66. The molecule has 3 aliphatic rings. The number of hydrogen-bond donors (Lipinski definition) is 0. The molecule has 1 amide bonds. The van der Waals surface area contributed by atoms with Crippen molar-refractivity contribution in [3.63, 3.8) is 0 Å². The van der Waals surface area contributed by atoms with Crippen LogP contribution in [0.3, 0.4) is 0 Å². The Kier molecular flexibility index (Phi) is 4.09. The molecule has 1 aromatic rings. The Morgan fingerprint density at radius 2 is 1.83 bits per heavy atom. The highest BCUT2D eigenvalue weighted by Crippen LogP contribution is 2.31. The van der Waals surface area contributed by atoms with Gasteiger partial charge in [0.1, 0.15) is 0 Å². The van der Waals surface area contributed by atoms with E-state index in [1.165, 1.54) is 5.56 Å². The molecule has 5 heteroatoms. The van der Waals surface area contributed by atoms with Crippen molar-refractivity contribution in [2.75, 3.05) is 44.3 Å². The molecule has 0 N–H and O–H groups in total. The van der Waals surface area contributed by atoms with Gasteiger partial charge in [0.25, 0.3) is 0 Å². The van der Waals surface area contributed by atoms with E-state index in [2.05, 4.69) is 23.1 Å². The molecular formula is C18H24N2O3. The molecule has 0 aliphatic carbocycles. The molecule has 0 aromatic heterocycles. The number of anilines is 1. The van der Waals surface area contributed by atoms with E-state index in [4.69, 9.17) is 9.47 Å². The van der Waals surface area contributed by atoms with Gasteiger partial charge in [-0.2, -0.15) is 0 Å². The van der Waals surface area contributed by atoms with Crippen LogP contribution < -0.4 is 4.90 Å². The Morgan fingerprint density at radius 3 is 2.61 bits per heavy atom. The van der Waals surface area contributed by atoms with Crippen molar-refractivity contribution < 1.29 is 14.3 Å². The van der Waals surface area contributed by atoms with E-state index in [0.29, 0.717) is 19.8 Å².